The lowest BCUT2D eigenvalue weighted by atomic mass is 10.1. The van der Waals surface area contributed by atoms with Crippen LogP contribution in [0, 0.1) is 0 Å². The zero-order valence-electron chi connectivity index (χ0n) is 12.8. The summed E-state index contributed by atoms with van der Waals surface area (Å²) in [5.74, 6) is 1.49. The molecule has 0 radical (unpaired) electrons. The monoisotopic (exact) mass is 278 g/mol. The Morgan fingerprint density at radius 1 is 1.50 bits per heavy atom. The lowest BCUT2D eigenvalue weighted by Crippen LogP contribution is -2.45. The van der Waals surface area contributed by atoms with Crippen molar-refractivity contribution in [3.63, 3.8) is 0 Å². The number of ether oxygens (including phenoxy) is 1. The molecule has 5 nitrogen and oxygen atoms in total. The van der Waals surface area contributed by atoms with Crippen LogP contribution in [0.25, 0.3) is 0 Å². The largest absolute Gasteiger partial charge is 0.476 e. The van der Waals surface area contributed by atoms with Crippen LogP contribution in [-0.2, 0) is 0 Å². The summed E-state index contributed by atoms with van der Waals surface area (Å²) >= 11 is 0. The number of hydrogen-bond acceptors (Lipinski definition) is 5. The van der Waals surface area contributed by atoms with Crippen molar-refractivity contribution in [3.05, 3.63) is 12.1 Å². The summed E-state index contributed by atoms with van der Waals surface area (Å²) in [5, 5.41) is 0. The SMILES string of the molecule is CCCOc1nc(N(C)C2CCCN(C)C2)ccc1N. The molecule has 2 rings (SSSR count). The number of nitrogen functional groups attached to an aromatic ring is 1. The molecule has 0 bridgehead atoms. The Labute approximate surface area is 121 Å². The predicted molar refractivity (Wildman–Crippen MR) is 83.4 cm³/mol. The number of aromatic nitrogens is 1. The second-order valence-electron chi connectivity index (χ2n) is 5.58. The van der Waals surface area contributed by atoms with Crippen LogP contribution in [0.5, 0.6) is 5.88 Å². The first kappa shape index (κ1) is 14.9. The molecule has 2 N–H and O–H groups in total. The summed E-state index contributed by atoms with van der Waals surface area (Å²) in [7, 11) is 4.28. The van der Waals surface area contributed by atoms with E-state index in [1.54, 1.807) is 0 Å². The highest BCUT2D eigenvalue weighted by molar-refractivity contribution is 5.54. The van der Waals surface area contributed by atoms with Crippen molar-refractivity contribution in [3.8, 4) is 5.88 Å². The fourth-order valence-electron chi connectivity index (χ4n) is 2.59. The van der Waals surface area contributed by atoms with Crippen LogP contribution in [0.1, 0.15) is 26.2 Å². The van der Waals surface area contributed by atoms with Crippen LogP contribution in [0.15, 0.2) is 12.1 Å². The van der Waals surface area contributed by atoms with Crippen molar-refractivity contribution in [2.45, 2.75) is 32.2 Å². The van der Waals surface area contributed by atoms with Crippen molar-refractivity contribution < 1.29 is 4.74 Å². The van der Waals surface area contributed by atoms with E-state index in [-0.39, 0.29) is 0 Å². The van der Waals surface area contributed by atoms with E-state index in [9.17, 15) is 0 Å². The first-order chi connectivity index (χ1) is 9.61. The van der Waals surface area contributed by atoms with Gasteiger partial charge in [-0.3, -0.25) is 0 Å². The van der Waals surface area contributed by atoms with E-state index < -0.39 is 0 Å². The molecule has 0 aromatic carbocycles. The molecule has 2 heterocycles. The normalized spacial score (nSPS) is 19.9. The molecule has 5 heteroatoms. The van der Waals surface area contributed by atoms with Crippen LogP contribution >= 0.6 is 0 Å². The average molecular weight is 278 g/mol. The van der Waals surface area contributed by atoms with E-state index in [0.717, 1.165) is 18.8 Å². The highest BCUT2D eigenvalue weighted by Gasteiger charge is 2.22. The summed E-state index contributed by atoms with van der Waals surface area (Å²) in [6.07, 6.45) is 3.40. The summed E-state index contributed by atoms with van der Waals surface area (Å²) in [6, 6.07) is 4.36. The summed E-state index contributed by atoms with van der Waals surface area (Å²) in [6.45, 7) is 4.98. The van der Waals surface area contributed by atoms with Gasteiger partial charge in [0.05, 0.1) is 12.3 Å². The lowest BCUT2D eigenvalue weighted by molar-refractivity contribution is 0.247. The van der Waals surface area contributed by atoms with Gasteiger partial charge in [-0.05, 0) is 45.0 Å². The number of nitrogens with two attached hydrogens (primary N) is 1. The maximum atomic E-state index is 5.92. The van der Waals surface area contributed by atoms with E-state index >= 15 is 0 Å². The van der Waals surface area contributed by atoms with E-state index in [0.29, 0.717) is 24.2 Å². The van der Waals surface area contributed by atoms with Gasteiger partial charge in [0.2, 0.25) is 5.88 Å². The Bertz CT molecular complexity index is 438. The van der Waals surface area contributed by atoms with Crippen molar-refractivity contribution in [2.75, 3.05) is 44.4 Å². The first-order valence-electron chi connectivity index (χ1n) is 7.42. The second kappa shape index (κ2) is 6.79. The zero-order valence-corrected chi connectivity index (χ0v) is 12.8. The van der Waals surface area contributed by atoms with Crippen LogP contribution in [0.3, 0.4) is 0 Å². The third-order valence-corrected chi connectivity index (χ3v) is 3.83. The van der Waals surface area contributed by atoms with Gasteiger partial charge in [0.1, 0.15) is 5.82 Å². The number of nitrogens with zero attached hydrogens (tertiary/aromatic N) is 3. The van der Waals surface area contributed by atoms with Crippen molar-refractivity contribution >= 4 is 11.5 Å². The number of piperidine rings is 1. The highest BCUT2D eigenvalue weighted by Crippen LogP contribution is 2.25. The average Bonchev–Trinajstić information content (AvgIpc) is 2.45. The minimum Gasteiger partial charge on any atom is -0.476 e. The molecule has 1 aliphatic rings. The van der Waals surface area contributed by atoms with Crippen LogP contribution < -0.4 is 15.4 Å². The maximum absolute atomic E-state index is 5.92. The van der Waals surface area contributed by atoms with Crippen LogP contribution in [0.2, 0.25) is 0 Å². The van der Waals surface area contributed by atoms with Gasteiger partial charge >= 0.3 is 0 Å². The Balaban J connectivity index is 2.10. The van der Waals surface area contributed by atoms with E-state index in [1.807, 2.05) is 12.1 Å². The molecule has 1 aromatic rings. The number of pyridine rings is 1. The molecule has 1 aromatic heterocycles. The Hall–Kier alpha value is -1.49. The molecule has 0 saturated carbocycles. The van der Waals surface area contributed by atoms with Gasteiger partial charge in [-0.1, -0.05) is 6.92 Å². The fourth-order valence-corrected chi connectivity index (χ4v) is 2.59. The second-order valence-corrected chi connectivity index (χ2v) is 5.58. The van der Waals surface area contributed by atoms with Crippen LogP contribution in [0.4, 0.5) is 11.5 Å². The molecule has 1 aliphatic heterocycles. The highest BCUT2D eigenvalue weighted by atomic mass is 16.5. The first-order valence-corrected chi connectivity index (χ1v) is 7.42. The van der Waals surface area contributed by atoms with Gasteiger partial charge in [0.25, 0.3) is 0 Å². The van der Waals surface area contributed by atoms with Crippen LogP contribution in [-0.4, -0.2) is 49.7 Å². The minimum absolute atomic E-state index is 0.504. The predicted octanol–water partition coefficient (Wildman–Crippen LogP) is 1.98. The number of anilines is 2. The Morgan fingerprint density at radius 2 is 2.30 bits per heavy atom. The Morgan fingerprint density at radius 3 is 3.00 bits per heavy atom. The molecule has 1 unspecified atom stereocenters. The fraction of sp³-hybridized carbons (Fsp3) is 0.667. The molecular weight excluding hydrogens is 252 g/mol. The molecule has 112 valence electrons. The third kappa shape index (κ3) is 3.54. The smallest absolute Gasteiger partial charge is 0.239 e. The molecule has 0 amide bonds. The quantitative estimate of drug-likeness (QED) is 0.892. The van der Waals surface area contributed by atoms with Crippen molar-refractivity contribution in [1.82, 2.24) is 9.88 Å². The van der Waals surface area contributed by atoms with Gasteiger partial charge in [-0.25, -0.2) is 0 Å². The summed E-state index contributed by atoms with van der Waals surface area (Å²) in [5.41, 5.74) is 6.52. The maximum Gasteiger partial charge on any atom is 0.239 e. The molecule has 0 spiro atoms. The number of likely N-dealkylation sites (tertiary alicyclic amines) is 1. The summed E-state index contributed by atoms with van der Waals surface area (Å²) in [4.78, 5) is 9.19. The lowest BCUT2D eigenvalue weighted by Gasteiger charge is -2.36. The van der Waals surface area contributed by atoms with Gasteiger partial charge in [-0.15, -0.1) is 0 Å². The minimum atomic E-state index is 0.504. The topological polar surface area (TPSA) is 54.6 Å². The van der Waals surface area contributed by atoms with Crippen molar-refractivity contribution in [1.29, 1.82) is 0 Å². The van der Waals surface area contributed by atoms with E-state index in [2.05, 4.69) is 35.8 Å². The molecular formula is C15H26N4O. The molecule has 1 fully saturated rings. The van der Waals surface area contributed by atoms with Gasteiger partial charge in [0.15, 0.2) is 0 Å². The van der Waals surface area contributed by atoms with Gasteiger partial charge < -0.3 is 20.3 Å². The van der Waals surface area contributed by atoms with Crippen molar-refractivity contribution in [2.24, 2.45) is 0 Å². The summed E-state index contributed by atoms with van der Waals surface area (Å²) < 4.78 is 5.61. The molecule has 1 atom stereocenters. The Kier molecular flexibility index (Phi) is 5.06. The number of hydrogen-bond donors (Lipinski definition) is 1. The van der Waals surface area contributed by atoms with Gasteiger partial charge in [-0.2, -0.15) is 4.98 Å². The molecule has 0 aliphatic carbocycles. The number of likely N-dealkylation sites (N-methyl/N-ethyl adjacent to an activating group) is 2. The molecule has 20 heavy (non-hydrogen) atoms. The third-order valence-electron chi connectivity index (χ3n) is 3.83. The standard InChI is InChI=1S/C15H26N4O/c1-4-10-20-15-13(16)7-8-14(17-15)19(3)12-6-5-9-18(2)11-12/h7-8,12H,4-6,9-11,16H2,1-3H3. The van der Waals surface area contributed by atoms with Gasteiger partial charge in [0, 0.05) is 19.6 Å². The van der Waals surface area contributed by atoms with E-state index in [1.165, 1.54) is 19.4 Å². The zero-order chi connectivity index (χ0) is 14.5. The van der Waals surface area contributed by atoms with E-state index in [4.69, 9.17) is 10.5 Å². The number of rotatable bonds is 5. The molecule has 1 saturated heterocycles.